The van der Waals surface area contributed by atoms with Crippen LogP contribution >= 0.6 is 0 Å². The smallest absolute Gasteiger partial charge is 0.249 e. The van der Waals surface area contributed by atoms with Gasteiger partial charge in [0.05, 0.1) is 17.8 Å². The minimum atomic E-state index is -0.0901. The van der Waals surface area contributed by atoms with Crippen LogP contribution in [0.15, 0.2) is 59.3 Å². The van der Waals surface area contributed by atoms with Crippen LogP contribution in [0.3, 0.4) is 0 Å². The first kappa shape index (κ1) is 17.0. The zero-order valence-electron chi connectivity index (χ0n) is 14.9. The van der Waals surface area contributed by atoms with E-state index >= 15 is 0 Å². The second-order valence-corrected chi connectivity index (χ2v) is 6.14. The lowest BCUT2D eigenvalue weighted by Gasteiger charge is -2.07. The first-order chi connectivity index (χ1) is 13.2. The highest BCUT2D eigenvalue weighted by molar-refractivity contribution is 5.94. The molecule has 4 aromatic rings. The van der Waals surface area contributed by atoms with Crippen molar-refractivity contribution in [1.82, 2.24) is 25.1 Å². The zero-order chi connectivity index (χ0) is 18.6. The van der Waals surface area contributed by atoms with Gasteiger partial charge < -0.3 is 14.3 Å². The molecule has 7 heteroatoms. The third kappa shape index (κ3) is 3.57. The molecule has 3 heterocycles. The van der Waals surface area contributed by atoms with E-state index < -0.39 is 0 Å². The second kappa shape index (κ2) is 7.41. The summed E-state index contributed by atoms with van der Waals surface area (Å²) in [7, 11) is 0. The maximum absolute atomic E-state index is 12.4. The highest BCUT2D eigenvalue weighted by Crippen LogP contribution is 2.29. The number of rotatable bonds is 6. The van der Waals surface area contributed by atoms with Crippen molar-refractivity contribution in [2.24, 2.45) is 0 Å². The molecule has 27 heavy (non-hydrogen) atoms. The number of carbonyl (C=O) groups excluding carboxylic acids is 1. The van der Waals surface area contributed by atoms with Gasteiger partial charge >= 0.3 is 0 Å². The first-order valence-corrected chi connectivity index (χ1v) is 8.82. The Morgan fingerprint density at radius 2 is 2.00 bits per heavy atom. The van der Waals surface area contributed by atoms with Crippen LogP contribution in [0, 0.1) is 0 Å². The molecule has 0 saturated heterocycles. The van der Waals surface area contributed by atoms with Crippen LogP contribution in [0.4, 0.5) is 0 Å². The summed E-state index contributed by atoms with van der Waals surface area (Å²) in [6.45, 7) is 2.56. The van der Waals surface area contributed by atoms with Crippen LogP contribution in [-0.2, 0) is 24.3 Å². The van der Waals surface area contributed by atoms with Crippen LogP contribution in [-0.4, -0.2) is 25.7 Å². The third-order valence-electron chi connectivity index (χ3n) is 4.30. The van der Waals surface area contributed by atoms with Crippen LogP contribution in [0.5, 0.6) is 0 Å². The summed E-state index contributed by atoms with van der Waals surface area (Å²) >= 11 is 0. The lowest BCUT2D eigenvalue weighted by atomic mass is 10.2. The predicted molar refractivity (Wildman–Crippen MR) is 101 cm³/mol. The van der Waals surface area contributed by atoms with Gasteiger partial charge in [0.2, 0.25) is 17.7 Å². The predicted octanol–water partition coefficient (Wildman–Crippen LogP) is 2.97. The summed E-state index contributed by atoms with van der Waals surface area (Å²) in [4.78, 5) is 16.6. The van der Waals surface area contributed by atoms with Crippen molar-refractivity contribution in [3.63, 3.8) is 0 Å². The number of nitrogens with zero attached hydrogens (tertiary/aromatic N) is 4. The molecule has 1 amide bonds. The lowest BCUT2D eigenvalue weighted by Crippen LogP contribution is -2.27. The minimum Gasteiger partial charge on any atom is -0.421 e. The van der Waals surface area contributed by atoms with E-state index in [-0.39, 0.29) is 12.5 Å². The molecule has 0 radical (unpaired) electrons. The largest absolute Gasteiger partial charge is 0.421 e. The van der Waals surface area contributed by atoms with E-state index in [1.54, 1.807) is 6.20 Å². The van der Waals surface area contributed by atoms with Crippen LogP contribution < -0.4 is 5.32 Å². The molecule has 0 saturated carbocycles. The number of fused-ring (bicyclic) bond motifs is 1. The number of hydrogen-bond acceptors (Lipinski definition) is 5. The number of para-hydroxylation sites is 1. The summed E-state index contributed by atoms with van der Waals surface area (Å²) in [6.07, 6.45) is 4.28. The van der Waals surface area contributed by atoms with Gasteiger partial charge in [-0.3, -0.25) is 9.78 Å². The quantitative estimate of drug-likeness (QED) is 0.571. The van der Waals surface area contributed by atoms with Crippen molar-refractivity contribution in [2.75, 3.05) is 0 Å². The van der Waals surface area contributed by atoms with E-state index in [9.17, 15) is 4.79 Å². The average molecular weight is 361 g/mol. The number of amides is 1. The molecule has 136 valence electrons. The molecule has 0 fully saturated rings. The Kier molecular flexibility index (Phi) is 4.65. The molecule has 0 spiro atoms. The number of aryl methyl sites for hydroxylation is 1. The molecular formula is C20H19N5O2. The summed E-state index contributed by atoms with van der Waals surface area (Å²) in [6, 6.07) is 13.5. The lowest BCUT2D eigenvalue weighted by molar-refractivity contribution is -0.121. The molecule has 0 aliphatic heterocycles. The number of hydrogen-bond donors (Lipinski definition) is 1. The molecule has 1 N–H and O–H groups in total. The van der Waals surface area contributed by atoms with Gasteiger partial charge in [-0.25, -0.2) is 0 Å². The van der Waals surface area contributed by atoms with E-state index in [2.05, 4.69) is 20.5 Å². The SMILES string of the molecule is CCc1nnc(-c2cn(CC(=O)NCc3ccccn3)c3ccccc23)o1. The van der Waals surface area contributed by atoms with Crippen molar-refractivity contribution in [2.45, 2.75) is 26.4 Å². The fourth-order valence-corrected chi connectivity index (χ4v) is 2.96. The van der Waals surface area contributed by atoms with Gasteiger partial charge in [0, 0.05) is 29.7 Å². The zero-order valence-corrected chi connectivity index (χ0v) is 14.9. The van der Waals surface area contributed by atoms with Crippen LogP contribution in [0.1, 0.15) is 18.5 Å². The molecule has 3 aromatic heterocycles. The van der Waals surface area contributed by atoms with Crippen molar-refractivity contribution < 1.29 is 9.21 Å². The summed E-state index contributed by atoms with van der Waals surface area (Å²) in [5, 5.41) is 12.1. The van der Waals surface area contributed by atoms with Crippen molar-refractivity contribution in [3.05, 3.63) is 66.4 Å². The van der Waals surface area contributed by atoms with Gasteiger partial charge in [0.1, 0.15) is 6.54 Å². The highest BCUT2D eigenvalue weighted by Gasteiger charge is 2.16. The van der Waals surface area contributed by atoms with Crippen LogP contribution in [0.25, 0.3) is 22.4 Å². The molecule has 1 aromatic carbocycles. The number of aromatic nitrogens is 4. The maximum Gasteiger partial charge on any atom is 0.249 e. The number of pyridine rings is 1. The number of nitrogens with one attached hydrogen (secondary N) is 1. The van der Waals surface area contributed by atoms with E-state index in [1.165, 1.54) is 0 Å². The molecule has 0 aliphatic rings. The Balaban J connectivity index is 1.57. The van der Waals surface area contributed by atoms with Crippen molar-refractivity contribution >= 4 is 16.8 Å². The normalized spacial score (nSPS) is 11.0. The van der Waals surface area contributed by atoms with E-state index in [0.717, 1.165) is 22.2 Å². The Morgan fingerprint density at radius 3 is 2.78 bits per heavy atom. The van der Waals surface area contributed by atoms with Gasteiger partial charge in [-0.2, -0.15) is 0 Å². The number of carbonyl (C=O) groups is 1. The summed E-state index contributed by atoms with van der Waals surface area (Å²) in [5.41, 5.74) is 2.59. The molecular weight excluding hydrogens is 342 g/mol. The fourth-order valence-electron chi connectivity index (χ4n) is 2.96. The molecule has 0 bridgehead atoms. The monoisotopic (exact) mass is 361 g/mol. The first-order valence-electron chi connectivity index (χ1n) is 8.82. The minimum absolute atomic E-state index is 0.0901. The standard InChI is InChI=1S/C20H19N5O2/c1-2-19-23-24-20(27-19)16-12-25(17-9-4-3-8-15(16)17)13-18(26)22-11-14-7-5-6-10-21-14/h3-10,12H,2,11,13H2,1H3,(H,22,26). The summed E-state index contributed by atoms with van der Waals surface area (Å²) in [5.74, 6) is 0.971. The van der Waals surface area contributed by atoms with Crippen molar-refractivity contribution in [3.8, 4) is 11.5 Å². The molecule has 0 atom stereocenters. The van der Waals surface area contributed by atoms with E-state index in [0.29, 0.717) is 24.7 Å². The maximum atomic E-state index is 12.4. The van der Waals surface area contributed by atoms with Gasteiger partial charge in [-0.15, -0.1) is 10.2 Å². The Morgan fingerprint density at radius 1 is 1.15 bits per heavy atom. The molecule has 7 nitrogen and oxygen atoms in total. The fraction of sp³-hybridized carbons (Fsp3) is 0.200. The van der Waals surface area contributed by atoms with Crippen LogP contribution in [0.2, 0.25) is 0 Å². The summed E-state index contributed by atoms with van der Waals surface area (Å²) < 4.78 is 7.60. The van der Waals surface area contributed by atoms with Gasteiger partial charge in [0.15, 0.2) is 0 Å². The van der Waals surface area contributed by atoms with E-state index in [4.69, 9.17) is 4.42 Å². The average Bonchev–Trinajstić information content (AvgIpc) is 3.32. The van der Waals surface area contributed by atoms with Gasteiger partial charge in [-0.1, -0.05) is 31.2 Å². The van der Waals surface area contributed by atoms with Gasteiger partial charge in [0.25, 0.3) is 0 Å². The Hall–Kier alpha value is -3.48. The second-order valence-electron chi connectivity index (χ2n) is 6.14. The highest BCUT2D eigenvalue weighted by atomic mass is 16.4. The number of benzene rings is 1. The van der Waals surface area contributed by atoms with Crippen molar-refractivity contribution in [1.29, 1.82) is 0 Å². The molecule has 0 aliphatic carbocycles. The van der Waals surface area contributed by atoms with Gasteiger partial charge in [-0.05, 0) is 18.2 Å². The Bertz CT molecular complexity index is 1070. The third-order valence-corrected chi connectivity index (χ3v) is 4.30. The van der Waals surface area contributed by atoms with E-state index in [1.807, 2.05) is 60.2 Å². The molecule has 0 unspecified atom stereocenters. The Labute approximate surface area is 156 Å². The molecule has 4 rings (SSSR count). The topological polar surface area (TPSA) is 85.8 Å².